The van der Waals surface area contributed by atoms with Crippen LogP contribution in [-0.2, 0) is 13.5 Å². The van der Waals surface area contributed by atoms with Crippen LogP contribution in [0.2, 0.25) is 0 Å². The second-order valence-corrected chi connectivity index (χ2v) is 5.02. The topological polar surface area (TPSA) is 60.1 Å². The van der Waals surface area contributed by atoms with Crippen LogP contribution in [-0.4, -0.2) is 22.2 Å². The molecular weight excluding hydrogens is 278 g/mol. The standard InChI is InChI=1S/C17H17N3O2/c1-20-15(9-11-19-20)14-6-4-13(5-7-14)8-10-18-17(21)16-3-2-12-22-16/h2-7,9,11-12H,8,10H2,1H3,(H,18,21). The van der Waals surface area contributed by atoms with Crippen molar-refractivity contribution < 1.29 is 9.21 Å². The fourth-order valence-electron chi connectivity index (χ4n) is 2.31. The van der Waals surface area contributed by atoms with Gasteiger partial charge in [0.2, 0.25) is 0 Å². The molecule has 112 valence electrons. The summed E-state index contributed by atoms with van der Waals surface area (Å²) in [4.78, 5) is 11.7. The highest BCUT2D eigenvalue weighted by molar-refractivity contribution is 5.91. The molecule has 1 amide bonds. The molecule has 22 heavy (non-hydrogen) atoms. The van der Waals surface area contributed by atoms with Gasteiger partial charge in [-0.3, -0.25) is 9.48 Å². The van der Waals surface area contributed by atoms with Crippen LogP contribution in [0.1, 0.15) is 16.1 Å². The van der Waals surface area contributed by atoms with Crippen molar-refractivity contribution in [3.8, 4) is 11.3 Å². The summed E-state index contributed by atoms with van der Waals surface area (Å²) in [5.74, 6) is 0.156. The number of rotatable bonds is 5. The number of carbonyl (C=O) groups is 1. The highest BCUT2D eigenvalue weighted by Gasteiger charge is 2.07. The van der Waals surface area contributed by atoms with Crippen molar-refractivity contribution in [2.45, 2.75) is 6.42 Å². The summed E-state index contributed by atoms with van der Waals surface area (Å²) in [5, 5.41) is 7.01. The third kappa shape index (κ3) is 3.09. The van der Waals surface area contributed by atoms with E-state index in [-0.39, 0.29) is 5.91 Å². The summed E-state index contributed by atoms with van der Waals surface area (Å²) in [6.45, 7) is 0.574. The third-order valence-electron chi connectivity index (χ3n) is 3.51. The van der Waals surface area contributed by atoms with Gasteiger partial charge in [-0.25, -0.2) is 0 Å². The van der Waals surface area contributed by atoms with Crippen LogP contribution in [0.15, 0.2) is 59.3 Å². The van der Waals surface area contributed by atoms with Crippen molar-refractivity contribution in [3.05, 3.63) is 66.2 Å². The lowest BCUT2D eigenvalue weighted by atomic mass is 10.1. The molecule has 0 unspecified atom stereocenters. The fourth-order valence-corrected chi connectivity index (χ4v) is 2.31. The van der Waals surface area contributed by atoms with Gasteiger partial charge < -0.3 is 9.73 Å². The molecule has 0 radical (unpaired) electrons. The second-order valence-electron chi connectivity index (χ2n) is 5.02. The van der Waals surface area contributed by atoms with Gasteiger partial charge in [0.15, 0.2) is 5.76 Å². The highest BCUT2D eigenvalue weighted by Crippen LogP contribution is 2.18. The minimum Gasteiger partial charge on any atom is -0.459 e. The molecule has 1 N–H and O–H groups in total. The van der Waals surface area contributed by atoms with E-state index in [1.54, 1.807) is 18.3 Å². The number of carbonyl (C=O) groups excluding carboxylic acids is 1. The Kier molecular flexibility index (Phi) is 4.05. The molecule has 3 rings (SSSR count). The van der Waals surface area contributed by atoms with Crippen LogP contribution < -0.4 is 5.32 Å². The quantitative estimate of drug-likeness (QED) is 0.787. The van der Waals surface area contributed by atoms with Gasteiger partial charge in [-0.1, -0.05) is 24.3 Å². The summed E-state index contributed by atoms with van der Waals surface area (Å²) >= 11 is 0. The van der Waals surface area contributed by atoms with Crippen LogP contribution in [0.4, 0.5) is 0 Å². The molecule has 1 aromatic carbocycles. The van der Waals surface area contributed by atoms with Crippen LogP contribution in [0.5, 0.6) is 0 Å². The summed E-state index contributed by atoms with van der Waals surface area (Å²) in [6.07, 6.45) is 4.05. The molecule has 0 aliphatic carbocycles. The zero-order chi connectivity index (χ0) is 15.4. The van der Waals surface area contributed by atoms with Crippen LogP contribution in [0, 0.1) is 0 Å². The van der Waals surface area contributed by atoms with E-state index in [2.05, 4.69) is 34.7 Å². The number of hydrogen-bond acceptors (Lipinski definition) is 3. The first kappa shape index (κ1) is 14.1. The normalized spacial score (nSPS) is 10.6. The predicted molar refractivity (Wildman–Crippen MR) is 83.4 cm³/mol. The van der Waals surface area contributed by atoms with Crippen molar-refractivity contribution in [2.24, 2.45) is 7.05 Å². The van der Waals surface area contributed by atoms with Gasteiger partial charge in [0.1, 0.15) is 0 Å². The van der Waals surface area contributed by atoms with Crippen molar-refractivity contribution >= 4 is 5.91 Å². The van der Waals surface area contributed by atoms with Gasteiger partial charge in [-0.15, -0.1) is 0 Å². The van der Waals surface area contributed by atoms with Gasteiger partial charge in [0.05, 0.1) is 12.0 Å². The van der Waals surface area contributed by atoms with Gasteiger partial charge in [0, 0.05) is 19.8 Å². The van der Waals surface area contributed by atoms with Crippen molar-refractivity contribution in [3.63, 3.8) is 0 Å². The molecule has 0 bridgehead atoms. The van der Waals surface area contributed by atoms with Gasteiger partial charge >= 0.3 is 0 Å². The molecular formula is C17H17N3O2. The molecule has 0 aliphatic rings. The van der Waals surface area contributed by atoms with E-state index in [1.165, 1.54) is 11.8 Å². The van der Waals surface area contributed by atoms with Crippen LogP contribution in [0.3, 0.4) is 0 Å². The van der Waals surface area contributed by atoms with Gasteiger partial charge in [0.25, 0.3) is 5.91 Å². The molecule has 0 fully saturated rings. The monoisotopic (exact) mass is 295 g/mol. The Morgan fingerprint density at radius 3 is 2.68 bits per heavy atom. The fraction of sp³-hybridized carbons (Fsp3) is 0.176. The Balaban J connectivity index is 1.56. The molecule has 3 aromatic rings. The number of furan rings is 1. The molecule has 2 heterocycles. The van der Waals surface area contributed by atoms with Crippen molar-refractivity contribution in [1.82, 2.24) is 15.1 Å². The first-order chi connectivity index (χ1) is 10.7. The maximum atomic E-state index is 11.7. The van der Waals surface area contributed by atoms with Crippen molar-refractivity contribution in [1.29, 1.82) is 0 Å². The van der Waals surface area contributed by atoms with E-state index in [0.717, 1.165) is 17.7 Å². The summed E-state index contributed by atoms with van der Waals surface area (Å²) in [7, 11) is 1.92. The smallest absolute Gasteiger partial charge is 0.286 e. The lowest BCUT2D eigenvalue weighted by Crippen LogP contribution is -2.25. The largest absolute Gasteiger partial charge is 0.459 e. The SMILES string of the molecule is Cn1nccc1-c1ccc(CCNC(=O)c2ccco2)cc1. The average Bonchev–Trinajstić information content (AvgIpc) is 3.19. The zero-order valence-corrected chi connectivity index (χ0v) is 12.3. The van der Waals surface area contributed by atoms with Crippen molar-refractivity contribution in [2.75, 3.05) is 6.54 Å². The highest BCUT2D eigenvalue weighted by atomic mass is 16.3. The van der Waals surface area contributed by atoms with E-state index in [9.17, 15) is 4.79 Å². The number of aromatic nitrogens is 2. The zero-order valence-electron chi connectivity index (χ0n) is 12.3. The van der Waals surface area contributed by atoms with Crippen LogP contribution >= 0.6 is 0 Å². The number of hydrogen-bond donors (Lipinski definition) is 1. The molecule has 0 saturated heterocycles. The van der Waals surface area contributed by atoms with E-state index in [1.807, 2.05) is 17.8 Å². The summed E-state index contributed by atoms with van der Waals surface area (Å²) < 4.78 is 6.89. The maximum Gasteiger partial charge on any atom is 0.286 e. The lowest BCUT2D eigenvalue weighted by molar-refractivity contribution is 0.0926. The summed E-state index contributed by atoms with van der Waals surface area (Å²) in [6, 6.07) is 13.6. The minimum absolute atomic E-state index is 0.184. The number of nitrogens with zero attached hydrogens (tertiary/aromatic N) is 2. The Morgan fingerprint density at radius 2 is 2.05 bits per heavy atom. The second kappa shape index (κ2) is 6.30. The lowest BCUT2D eigenvalue weighted by Gasteiger charge is -2.06. The molecule has 0 aliphatic heterocycles. The van der Waals surface area contributed by atoms with E-state index in [4.69, 9.17) is 4.42 Å². The van der Waals surface area contributed by atoms with Crippen LogP contribution in [0.25, 0.3) is 11.3 Å². The van der Waals surface area contributed by atoms with E-state index >= 15 is 0 Å². The van der Waals surface area contributed by atoms with E-state index < -0.39 is 0 Å². The number of benzene rings is 1. The molecule has 5 nitrogen and oxygen atoms in total. The maximum absolute atomic E-state index is 11.7. The Morgan fingerprint density at radius 1 is 1.23 bits per heavy atom. The Hall–Kier alpha value is -2.82. The van der Waals surface area contributed by atoms with Gasteiger partial charge in [-0.05, 0) is 35.7 Å². The minimum atomic E-state index is -0.184. The Bertz CT molecular complexity index is 743. The average molecular weight is 295 g/mol. The number of nitrogens with one attached hydrogen (secondary N) is 1. The third-order valence-corrected chi connectivity index (χ3v) is 3.51. The molecule has 5 heteroatoms. The summed E-state index contributed by atoms with van der Waals surface area (Å²) in [5.41, 5.74) is 3.38. The van der Waals surface area contributed by atoms with E-state index in [0.29, 0.717) is 12.3 Å². The Labute approximate surface area is 128 Å². The molecule has 0 saturated carbocycles. The number of amides is 1. The number of aryl methyl sites for hydroxylation is 1. The first-order valence-electron chi connectivity index (χ1n) is 7.13. The predicted octanol–water partition coefficient (Wildman–Crippen LogP) is 2.65. The van der Waals surface area contributed by atoms with Gasteiger partial charge in [-0.2, -0.15) is 5.10 Å². The molecule has 0 atom stereocenters. The molecule has 0 spiro atoms. The molecule has 2 aromatic heterocycles. The first-order valence-corrected chi connectivity index (χ1v) is 7.13.